The highest BCUT2D eigenvalue weighted by Crippen LogP contribution is 2.17. The Balaban J connectivity index is 2.13. The maximum absolute atomic E-state index is 5.44. The first kappa shape index (κ1) is 10.4. The molecule has 0 amide bonds. The van der Waals surface area contributed by atoms with Crippen molar-refractivity contribution < 1.29 is 0 Å². The maximum Gasteiger partial charge on any atom is 0.126 e. The van der Waals surface area contributed by atoms with Gasteiger partial charge >= 0.3 is 0 Å². The molecule has 0 saturated carbocycles. The number of nitrogens with one attached hydrogen (secondary N) is 1. The molecule has 82 valence electrons. The molecule has 0 fully saturated rings. The zero-order chi connectivity index (χ0) is 10.7. The van der Waals surface area contributed by atoms with E-state index in [9.17, 15) is 0 Å². The Bertz CT molecular complexity index is 337. The van der Waals surface area contributed by atoms with E-state index in [0.29, 0.717) is 6.54 Å². The SMILES string of the molecule is CN1CCc2ccc(NCCN)nc2C1. The summed E-state index contributed by atoms with van der Waals surface area (Å²) in [6.45, 7) is 3.50. The topological polar surface area (TPSA) is 54.2 Å². The molecule has 1 aromatic heterocycles. The molecule has 0 radical (unpaired) electrons. The van der Waals surface area contributed by atoms with Gasteiger partial charge in [-0.15, -0.1) is 0 Å². The van der Waals surface area contributed by atoms with Crippen molar-refractivity contribution in [3.05, 3.63) is 23.4 Å². The minimum atomic E-state index is 0.638. The largest absolute Gasteiger partial charge is 0.369 e. The molecule has 1 aliphatic rings. The molecule has 0 aliphatic carbocycles. The molecule has 3 N–H and O–H groups in total. The van der Waals surface area contributed by atoms with Crippen molar-refractivity contribution in [3.63, 3.8) is 0 Å². The highest BCUT2D eigenvalue weighted by atomic mass is 15.1. The molecule has 4 heteroatoms. The van der Waals surface area contributed by atoms with E-state index in [1.54, 1.807) is 0 Å². The summed E-state index contributed by atoms with van der Waals surface area (Å²) in [5.74, 6) is 0.939. The van der Waals surface area contributed by atoms with Crippen LogP contribution in [0.25, 0.3) is 0 Å². The number of pyridine rings is 1. The van der Waals surface area contributed by atoms with Crippen LogP contribution >= 0.6 is 0 Å². The van der Waals surface area contributed by atoms with Gasteiger partial charge in [-0.05, 0) is 25.1 Å². The van der Waals surface area contributed by atoms with E-state index in [4.69, 9.17) is 5.73 Å². The van der Waals surface area contributed by atoms with Gasteiger partial charge in [-0.25, -0.2) is 4.98 Å². The van der Waals surface area contributed by atoms with Gasteiger partial charge in [0, 0.05) is 26.2 Å². The third-order valence-electron chi connectivity index (χ3n) is 2.70. The average Bonchev–Trinajstić information content (AvgIpc) is 2.25. The molecule has 4 nitrogen and oxygen atoms in total. The van der Waals surface area contributed by atoms with Crippen LogP contribution < -0.4 is 11.1 Å². The number of likely N-dealkylation sites (N-methyl/N-ethyl adjacent to an activating group) is 1. The van der Waals surface area contributed by atoms with Crippen LogP contribution in [0.2, 0.25) is 0 Å². The lowest BCUT2D eigenvalue weighted by Crippen LogP contribution is -2.27. The number of fused-ring (bicyclic) bond motifs is 1. The highest BCUT2D eigenvalue weighted by molar-refractivity contribution is 5.39. The number of nitrogens with zero attached hydrogens (tertiary/aromatic N) is 2. The summed E-state index contributed by atoms with van der Waals surface area (Å²) < 4.78 is 0. The van der Waals surface area contributed by atoms with Gasteiger partial charge in [0.25, 0.3) is 0 Å². The summed E-state index contributed by atoms with van der Waals surface area (Å²) >= 11 is 0. The van der Waals surface area contributed by atoms with Crippen LogP contribution in [0.15, 0.2) is 12.1 Å². The third kappa shape index (κ3) is 2.46. The van der Waals surface area contributed by atoms with Crippen molar-refractivity contribution >= 4 is 5.82 Å². The van der Waals surface area contributed by atoms with E-state index >= 15 is 0 Å². The fraction of sp³-hybridized carbons (Fsp3) is 0.545. The first-order valence-electron chi connectivity index (χ1n) is 5.41. The van der Waals surface area contributed by atoms with Gasteiger partial charge < -0.3 is 16.0 Å². The van der Waals surface area contributed by atoms with Crippen molar-refractivity contribution in [3.8, 4) is 0 Å². The molecule has 0 bridgehead atoms. The van der Waals surface area contributed by atoms with Crippen molar-refractivity contribution in [2.45, 2.75) is 13.0 Å². The molecule has 0 unspecified atom stereocenters. The number of nitrogens with two attached hydrogens (primary N) is 1. The minimum absolute atomic E-state index is 0.638. The van der Waals surface area contributed by atoms with E-state index in [1.165, 1.54) is 11.3 Å². The number of rotatable bonds is 3. The van der Waals surface area contributed by atoms with Crippen LogP contribution in [0.1, 0.15) is 11.3 Å². The number of aromatic nitrogens is 1. The monoisotopic (exact) mass is 206 g/mol. The van der Waals surface area contributed by atoms with E-state index in [2.05, 4.69) is 28.3 Å². The summed E-state index contributed by atoms with van der Waals surface area (Å²) in [6.07, 6.45) is 1.11. The van der Waals surface area contributed by atoms with Crippen molar-refractivity contribution in [1.29, 1.82) is 0 Å². The van der Waals surface area contributed by atoms with Gasteiger partial charge in [0.05, 0.1) is 5.69 Å². The van der Waals surface area contributed by atoms with Gasteiger partial charge in [0.2, 0.25) is 0 Å². The number of hydrogen-bond donors (Lipinski definition) is 2. The van der Waals surface area contributed by atoms with E-state index in [1.807, 2.05) is 6.07 Å². The standard InChI is InChI=1S/C11H18N4/c1-15-7-4-9-2-3-11(13-6-5-12)14-10(9)8-15/h2-3H,4-8,12H2,1H3,(H,13,14). The molecule has 15 heavy (non-hydrogen) atoms. The predicted molar refractivity (Wildman–Crippen MR) is 61.8 cm³/mol. The second-order valence-corrected chi connectivity index (χ2v) is 4.01. The maximum atomic E-state index is 5.44. The molecule has 0 spiro atoms. The Morgan fingerprint density at radius 1 is 1.53 bits per heavy atom. The Labute approximate surface area is 90.5 Å². The zero-order valence-corrected chi connectivity index (χ0v) is 9.16. The van der Waals surface area contributed by atoms with Crippen LogP contribution in [0, 0.1) is 0 Å². The highest BCUT2D eigenvalue weighted by Gasteiger charge is 2.14. The second-order valence-electron chi connectivity index (χ2n) is 4.01. The lowest BCUT2D eigenvalue weighted by molar-refractivity contribution is 0.308. The van der Waals surface area contributed by atoms with Gasteiger partial charge in [-0.3, -0.25) is 0 Å². The fourth-order valence-electron chi connectivity index (χ4n) is 1.84. The van der Waals surface area contributed by atoms with Crippen LogP contribution in [-0.4, -0.2) is 36.6 Å². The molecule has 1 aliphatic heterocycles. The number of hydrogen-bond acceptors (Lipinski definition) is 4. The molecule has 2 heterocycles. The molecule has 0 aromatic carbocycles. The lowest BCUT2D eigenvalue weighted by atomic mass is 10.1. The normalized spacial score (nSPS) is 16.1. The first-order valence-corrected chi connectivity index (χ1v) is 5.41. The minimum Gasteiger partial charge on any atom is -0.369 e. The Morgan fingerprint density at radius 2 is 2.40 bits per heavy atom. The summed E-state index contributed by atoms with van der Waals surface area (Å²) in [4.78, 5) is 6.89. The van der Waals surface area contributed by atoms with Gasteiger partial charge in [-0.2, -0.15) is 0 Å². The Kier molecular flexibility index (Phi) is 3.18. The molecule has 0 saturated heterocycles. The molecular formula is C11H18N4. The smallest absolute Gasteiger partial charge is 0.126 e. The summed E-state index contributed by atoms with van der Waals surface area (Å²) in [6, 6.07) is 4.22. The molecule has 2 rings (SSSR count). The van der Waals surface area contributed by atoms with E-state index < -0.39 is 0 Å². The van der Waals surface area contributed by atoms with Crippen molar-refractivity contribution in [2.24, 2.45) is 5.73 Å². The Hall–Kier alpha value is -1.13. The van der Waals surface area contributed by atoms with Gasteiger partial charge in [0.1, 0.15) is 5.82 Å². The van der Waals surface area contributed by atoms with Gasteiger partial charge in [-0.1, -0.05) is 6.07 Å². The Morgan fingerprint density at radius 3 is 3.20 bits per heavy atom. The van der Waals surface area contributed by atoms with Crippen LogP contribution in [0.3, 0.4) is 0 Å². The van der Waals surface area contributed by atoms with E-state index in [0.717, 1.165) is 31.9 Å². The van der Waals surface area contributed by atoms with Crippen LogP contribution in [0.5, 0.6) is 0 Å². The van der Waals surface area contributed by atoms with E-state index in [-0.39, 0.29) is 0 Å². The fourth-order valence-corrected chi connectivity index (χ4v) is 1.84. The zero-order valence-electron chi connectivity index (χ0n) is 9.16. The molecular weight excluding hydrogens is 188 g/mol. The van der Waals surface area contributed by atoms with Crippen LogP contribution in [0.4, 0.5) is 5.82 Å². The molecule has 0 atom stereocenters. The van der Waals surface area contributed by atoms with Crippen molar-refractivity contribution in [1.82, 2.24) is 9.88 Å². The molecule has 1 aromatic rings. The summed E-state index contributed by atoms with van der Waals surface area (Å²) in [7, 11) is 2.13. The lowest BCUT2D eigenvalue weighted by Gasteiger charge is -2.24. The summed E-state index contributed by atoms with van der Waals surface area (Å²) in [5, 5.41) is 3.20. The quantitative estimate of drug-likeness (QED) is 0.753. The summed E-state index contributed by atoms with van der Waals surface area (Å²) in [5.41, 5.74) is 8.02. The van der Waals surface area contributed by atoms with Crippen LogP contribution in [-0.2, 0) is 13.0 Å². The predicted octanol–water partition coefficient (Wildman–Crippen LogP) is 0.440. The second kappa shape index (κ2) is 4.59. The average molecular weight is 206 g/mol. The number of anilines is 1. The van der Waals surface area contributed by atoms with Gasteiger partial charge in [0.15, 0.2) is 0 Å². The first-order chi connectivity index (χ1) is 7.29. The third-order valence-corrected chi connectivity index (χ3v) is 2.70. The van der Waals surface area contributed by atoms with Crippen molar-refractivity contribution in [2.75, 3.05) is 32.0 Å².